The standard InChI is InChI=1S/C19H25N5O3/c1-20-6-9-27-18-12-16(14-21-13-15-2-4-17(25)5-3-15)22-19(23-18)24-7-10-26-11-8-24/h2-5,12,14,20,25H,6-11,13H2,1H3. The van der Waals surface area contributed by atoms with Crippen molar-refractivity contribution in [2.75, 3.05) is 51.4 Å². The molecule has 3 rings (SSSR count). The molecule has 1 aliphatic rings. The molecule has 1 aliphatic heterocycles. The lowest BCUT2D eigenvalue weighted by Crippen LogP contribution is -2.37. The van der Waals surface area contributed by atoms with Crippen LogP contribution < -0.4 is 15.0 Å². The molecule has 2 aromatic rings. The normalized spacial score (nSPS) is 14.6. The predicted molar refractivity (Wildman–Crippen MR) is 104 cm³/mol. The third-order valence-corrected chi connectivity index (χ3v) is 4.04. The van der Waals surface area contributed by atoms with Gasteiger partial charge in [-0.1, -0.05) is 12.1 Å². The maximum atomic E-state index is 9.35. The smallest absolute Gasteiger partial charge is 0.229 e. The van der Waals surface area contributed by atoms with E-state index in [4.69, 9.17) is 9.47 Å². The van der Waals surface area contributed by atoms with Gasteiger partial charge in [-0.3, -0.25) is 4.99 Å². The molecule has 0 amide bonds. The third-order valence-electron chi connectivity index (χ3n) is 4.04. The lowest BCUT2D eigenvalue weighted by molar-refractivity contribution is 0.122. The van der Waals surface area contributed by atoms with Gasteiger partial charge in [-0.2, -0.15) is 4.98 Å². The maximum absolute atomic E-state index is 9.35. The first-order valence-electron chi connectivity index (χ1n) is 9.01. The first kappa shape index (κ1) is 19.1. The first-order chi connectivity index (χ1) is 13.2. The Morgan fingerprint density at radius 2 is 2.04 bits per heavy atom. The van der Waals surface area contributed by atoms with E-state index in [1.165, 1.54) is 0 Å². The van der Waals surface area contributed by atoms with Gasteiger partial charge in [0.1, 0.15) is 12.4 Å². The summed E-state index contributed by atoms with van der Waals surface area (Å²) in [6, 6.07) is 8.79. The van der Waals surface area contributed by atoms with Gasteiger partial charge in [-0.15, -0.1) is 0 Å². The van der Waals surface area contributed by atoms with E-state index in [1.807, 2.05) is 19.2 Å². The zero-order chi connectivity index (χ0) is 18.9. The molecule has 2 heterocycles. The van der Waals surface area contributed by atoms with E-state index < -0.39 is 0 Å². The molecule has 1 aromatic carbocycles. The van der Waals surface area contributed by atoms with E-state index in [0.29, 0.717) is 43.9 Å². The topological polar surface area (TPSA) is 92.1 Å². The minimum absolute atomic E-state index is 0.247. The van der Waals surface area contributed by atoms with Crippen LogP contribution in [0.1, 0.15) is 11.3 Å². The summed E-state index contributed by atoms with van der Waals surface area (Å²) in [5, 5.41) is 12.4. The van der Waals surface area contributed by atoms with Gasteiger partial charge < -0.3 is 24.8 Å². The average molecular weight is 371 g/mol. The number of phenolic OH excluding ortho intramolecular Hbond substituents is 1. The van der Waals surface area contributed by atoms with Gasteiger partial charge in [0.2, 0.25) is 11.8 Å². The Balaban J connectivity index is 1.73. The van der Waals surface area contributed by atoms with Gasteiger partial charge in [0.25, 0.3) is 0 Å². The van der Waals surface area contributed by atoms with Gasteiger partial charge in [0.05, 0.1) is 25.5 Å². The number of anilines is 1. The van der Waals surface area contributed by atoms with Crippen molar-refractivity contribution in [3.63, 3.8) is 0 Å². The molecule has 1 saturated heterocycles. The number of aliphatic imine (C=N–C) groups is 1. The number of aromatic nitrogens is 2. The van der Waals surface area contributed by atoms with Crippen LogP contribution in [0.5, 0.6) is 11.6 Å². The highest BCUT2D eigenvalue weighted by atomic mass is 16.5. The summed E-state index contributed by atoms with van der Waals surface area (Å²) >= 11 is 0. The number of nitrogens with zero attached hydrogens (tertiary/aromatic N) is 4. The predicted octanol–water partition coefficient (Wildman–Crippen LogP) is 1.24. The van der Waals surface area contributed by atoms with E-state index in [-0.39, 0.29) is 5.75 Å². The molecule has 0 spiro atoms. The fraction of sp³-hybridized carbons (Fsp3) is 0.421. The monoisotopic (exact) mass is 371 g/mol. The van der Waals surface area contributed by atoms with Crippen LogP contribution in [0.4, 0.5) is 5.95 Å². The Morgan fingerprint density at radius 3 is 2.78 bits per heavy atom. The number of hydrogen-bond acceptors (Lipinski definition) is 8. The van der Waals surface area contributed by atoms with Crippen molar-refractivity contribution in [3.05, 3.63) is 41.6 Å². The fourth-order valence-electron chi connectivity index (χ4n) is 2.58. The highest BCUT2D eigenvalue weighted by Crippen LogP contribution is 2.17. The van der Waals surface area contributed by atoms with Crippen LogP contribution in [0.3, 0.4) is 0 Å². The summed E-state index contributed by atoms with van der Waals surface area (Å²) in [6.45, 7) is 4.61. The minimum atomic E-state index is 0.247. The lowest BCUT2D eigenvalue weighted by Gasteiger charge is -2.27. The number of likely N-dealkylation sites (N-methyl/N-ethyl adjacent to an activating group) is 1. The van der Waals surface area contributed by atoms with Gasteiger partial charge in [0, 0.05) is 31.9 Å². The summed E-state index contributed by atoms with van der Waals surface area (Å²) in [5.74, 6) is 1.41. The van der Waals surface area contributed by atoms with Crippen molar-refractivity contribution < 1.29 is 14.6 Å². The molecule has 1 fully saturated rings. The Kier molecular flexibility index (Phi) is 6.95. The van der Waals surface area contributed by atoms with E-state index >= 15 is 0 Å². The lowest BCUT2D eigenvalue weighted by atomic mass is 10.2. The first-order valence-corrected chi connectivity index (χ1v) is 9.01. The fourth-order valence-corrected chi connectivity index (χ4v) is 2.58. The summed E-state index contributed by atoms with van der Waals surface area (Å²) in [4.78, 5) is 15.7. The van der Waals surface area contributed by atoms with E-state index in [9.17, 15) is 5.11 Å². The van der Waals surface area contributed by atoms with Crippen molar-refractivity contribution in [3.8, 4) is 11.6 Å². The Bertz CT molecular complexity index is 746. The SMILES string of the molecule is CNCCOc1cc(C=NCc2ccc(O)cc2)nc(N2CCOCC2)n1. The summed E-state index contributed by atoms with van der Waals surface area (Å²) in [6.07, 6.45) is 1.73. The van der Waals surface area contributed by atoms with E-state index in [2.05, 4.69) is 25.2 Å². The van der Waals surface area contributed by atoms with Crippen molar-refractivity contribution in [2.45, 2.75) is 6.54 Å². The quantitative estimate of drug-likeness (QED) is 0.533. The number of nitrogens with one attached hydrogen (secondary N) is 1. The maximum Gasteiger partial charge on any atom is 0.229 e. The number of ether oxygens (including phenoxy) is 2. The molecule has 2 N–H and O–H groups in total. The average Bonchev–Trinajstić information content (AvgIpc) is 2.70. The molecule has 0 atom stereocenters. The molecule has 8 nitrogen and oxygen atoms in total. The number of phenols is 1. The van der Waals surface area contributed by atoms with Crippen LogP contribution in [0.15, 0.2) is 35.3 Å². The summed E-state index contributed by atoms with van der Waals surface area (Å²) < 4.78 is 11.1. The Morgan fingerprint density at radius 1 is 1.26 bits per heavy atom. The van der Waals surface area contributed by atoms with Crippen LogP contribution in [-0.2, 0) is 11.3 Å². The second kappa shape index (κ2) is 9.84. The molecular weight excluding hydrogens is 346 g/mol. The zero-order valence-corrected chi connectivity index (χ0v) is 15.5. The van der Waals surface area contributed by atoms with Crippen LogP contribution >= 0.6 is 0 Å². The van der Waals surface area contributed by atoms with Crippen molar-refractivity contribution >= 4 is 12.2 Å². The number of morpholine rings is 1. The summed E-state index contributed by atoms with van der Waals surface area (Å²) in [7, 11) is 1.88. The Labute approximate surface area is 158 Å². The second-order valence-electron chi connectivity index (χ2n) is 6.12. The third kappa shape index (κ3) is 5.90. The van der Waals surface area contributed by atoms with Crippen molar-refractivity contribution in [1.82, 2.24) is 15.3 Å². The molecule has 0 aliphatic carbocycles. The van der Waals surface area contributed by atoms with Gasteiger partial charge in [0.15, 0.2) is 0 Å². The molecule has 0 bridgehead atoms. The van der Waals surface area contributed by atoms with Gasteiger partial charge in [-0.25, -0.2) is 4.98 Å². The van der Waals surface area contributed by atoms with Crippen molar-refractivity contribution in [1.29, 1.82) is 0 Å². The van der Waals surface area contributed by atoms with Crippen LogP contribution in [0.25, 0.3) is 0 Å². The van der Waals surface area contributed by atoms with Crippen molar-refractivity contribution in [2.24, 2.45) is 4.99 Å². The molecule has 8 heteroatoms. The van der Waals surface area contributed by atoms with Gasteiger partial charge >= 0.3 is 0 Å². The van der Waals surface area contributed by atoms with E-state index in [0.717, 1.165) is 25.2 Å². The minimum Gasteiger partial charge on any atom is -0.508 e. The van der Waals surface area contributed by atoms with Crippen LogP contribution in [-0.4, -0.2) is 67.8 Å². The molecule has 0 radical (unpaired) electrons. The highest BCUT2D eigenvalue weighted by Gasteiger charge is 2.15. The second-order valence-corrected chi connectivity index (χ2v) is 6.12. The zero-order valence-electron chi connectivity index (χ0n) is 15.5. The number of hydrogen-bond donors (Lipinski definition) is 2. The molecular formula is C19H25N5O3. The van der Waals surface area contributed by atoms with Gasteiger partial charge in [-0.05, 0) is 24.7 Å². The molecule has 144 valence electrons. The summed E-state index contributed by atoms with van der Waals surface area (Å²) in [5.41, 5.74) is 1.71. The molecule has 0 saturated carbocycles. The van der Waals surface area contributed by atoms with Crippen LogP contribution in [0, 0.1) is 0 Å². The highest BCUT2D eigenvalue weighted by molar-refractivity contribution is 5.78. The Hall–Kier alpha value is -2.71. The largest absolute Gasteiger partial charge is 0.508 e. The van der Waals surface area contributed by atoms with Crippen LogP contribution in [0.2, 0.25) is 0 Å². The molecule has 0 unspecified atom stereocenters. The number of rotatable bonds is 8. The number of benzene rings is 1. The molecule has 1 aromatic heterocycles. The van der Waals surface area contributed by atoms with E-state index in [1.54, 1.807) is 24.4 Å². The number of aromatic hydroxyl groups is 1. The molecule has 27 heavy (non-hydrogen) atoms.